The Morgan fingerprint density at radius 3 is 2.36 bits per heavy atom. The Morgan fingerprint density at radius 1 is 1.10 bits per heavy atom. The van der Waals surface area contributed by atoms with Crippen LogP contribution >= 0.6 is 0 Å². The van der Waals surface area contributed by atoms with E-state index in [9.17, 15) is 14.9 Å². The number of amides is 1. The molecule has 3 aromatic rings. The third-order valence-corrected chi connectivity index (χ3v) is 7.87. The maximum atomic E-state index is 13.4. The van der Waals surface area contributed by atoms with Crippen LogP contribution < -0.4 is 0 Å². The Labute approximate surface area is 229 Å². The number of carbonyl (C=O) groups excluding carboxylic acids is 2. The first-order valence-electron chi connectivity index (χ1n) is 13.6. The number of rotatable bonds is 9. The van der Waals surface area contributed by atoms with Crippen LogP contribution in [0.1, 0.15) is 80.7 Å². The van der Waals surface area contributed by atoms with Crippen LogP contribution in [0.3, 0.4) is 0 Å². The van der Waals surface area contributed by atoms with Crippen molar-refractivity contribution in [1.82, 2.24) is 14.9 Å². The van der Waals surface area contributed by atoms with Gasteiger partial charge in [0.1, 0.15) is 5.60 Å². The van der Waals surface area contributed by atoms with Crippen LogP contribution in [0.4, 0.5) is 4.79 Å². The number of carbonyl (C=O) groups is 2. The predicted molar refractivity (Wildman–Crippen MR) is 147 cm³/mol. The van der Waals surface area contributed by atoms with Crippen LogP contribution in [0.5, 0.6) is 0 Å². The van der Waals surface area contributed by atoms with Gasteiger partial charge in [-0.1, -0.05) is 54.6 Å². The van der Waals surface area contributed by atoms with Gasteiger partial charge in [-0.05, 0) is 56.2 Å². The molecule has 2 aliphatic rings. The van der Waals surface area contributed by atoms with Gasteiger partial charge >= 0.3 is 6.09 Å². The smallest absolute Gasteiger partial charge is 0.411 e. The number of nitrogens with zero attached hydrogens (tertiary/aromatic N) is 4. The van der Waals surface area contributed by atoms with E-state index >= 15 is 0 Å². The van der Waals surface area contributed by atoms with Gasteiger partial charge in [0.05, 0.1) is 17.5 Å². The number of cyclic esters (lactones) is 1. The zero-order valence-corrected chi connectivity index (χ0v) is 22.8. The normalized spacial score (nSPS) is 20.2. The third-order valence-electron chi connectivity index (χ3n) is 7.87. The molecule has 0 unspecified atom stereocenters. The molecule has 1 aliphatic carbocycles. The van der Waals surface area contributed by atoms with Gasteiger partial charge in [-0.3, -0.25) is 4.79 Å². The minimum absolute atomic E-state index is 0.00844. The summed E-state index contributed by atoms with van der Waals surface area (Å²) in [4.78, 5) is 36.0. The summed E-state index contributed by atoms with van der Waals surface area (Å²) in [5, 5.41) is 9.69. The summed E-state index contributed by atoms with van der Waals surface area (Å²) in [5.41, 5.74) is 2.19. The van der Waals surface area contributed by atoms with Crippen molar-refractivity contribution in [1.29, 1.82) is 5.26 Å². The van der Waals surface area contributed by atoms with Gasteiger partial charge in [0.15, 0.2) is 11.6 Å². The second-order valence-electron chi connectivity index (χ2n) is 11.5. The number of hydrogen-bond acceptors (Lipinski definition) is 6. The maximum absolute atomic E-state index is 13.4. The zero-order valence-electron chi connectivity index (χ0n) is 22.8. The van der Waals surface area contributed by atoms with E-state index in [-0.39, 0.29) is 23.7 Å². The molecule has 200 valence electrons. The molecule has 5 rings (SSSR count). The molecule has 0 bridgehead atoms. The summed E-state index contributed by atoms with van der Waals surface area (Å²) in [6.07, 6.45) is 6.81. The molecule has 2 aromatic carbocycles. The van der Waals surface area contributed by atoms with Crippen molar-refractivity contribution in [2.75, 3.05) is 6.54 Å². The van der Waals surface area contributed by atoms with Gasteiger partial charge in [-0.2, -0.15) is 5.26 Å². The van der Waals surface area contributed by atoms with Crippen molar-refractivity contribution in [3.05, 3.63) is 83.9 Å². The van der Waals surface area contributed by atoms with Gasteiger partial charge in [-0.25, -0.2) is 14.8 Å². The Balaban J connectivity index is 1.28. The zero-order chi connectivity index (χ0) is 27.6. The fourth-order valence-corrected chi connectivity index (χ4v) is 5.38. The fraction of sp³-hybridized carbons (Fsp3) is 0.406. The third kappa shape index (κ3) is 5.85. The summed E-state index contributed by atoms with van der Waals surface area (Å²) < 4.78 is 6.20. The van der Waals surface area contributed by atoms with Gasteiger partial charge in [0, 0.05) is 43.8 Å². The Kier molecular flexibility index (Phi) is 7.22. The van der Waals surface area contributed by atoms with Gasteiger partial charge < -0.3 is 9.64 Å². The first-order valence-corrected chi connectivity index (χ1v) is 13.6. The maximum Gasteiger partial charge on any atom is 0.411 e. The summed E-state index contributed by atoms with van der Waals surface area (Å²) in [7, 11) is 0. The highest BCUT2D eigenvalue weighted by Gasteiger charge is 2.46. The minimum atomic E-state index is -0.843. The number of Topliss-reactive ketones (excluding diaryl/α,β-unsaturated/α-hetero) is 1. The first-order chi connectivity index (χ1) is 18.7. The quantitative estimate of drug-likeness (QED) is 0.285. The predicted octanol–water partition coefficient (Wildman–Crippen LogP) is 6.87. The molecule has 7 nitrogen and oxygen atoms in total. The van der Waals surface area contributed by atoms with Gasteiger partial charge in [0.25, 0.3) is 0 Å². The highest BCUT2D eigenvalue weighted by atomic mass is 16.6. The van der Waals surface area contributed by atoms with Crippen molar-refractivity contribution in [2.24, 2.45) is 11.3 Å². The molecule has 1 amide bonds. The number of aromatic nitrogens is 2. The van der Waals surface area contributed by atoms with Crippen LogP contribution in [-0.2, 0) is 10.3 Å². The van der Waals surface area contributed by atoms with Crippen molar-refractivity contribution >= 4 is 11.9 Å². The van der Waals surface area contributed by atoms with Gasteiger partial charge in [0.2, 0.25) is 0 Å². The van der Waals surface area contributed by atoms with Crippen LogP contribution in [0, 0.1) is 22.7 Å². The van der Waals surface area contributed by atoms with Crippen molar-refractivity contribution in [2.45, 2.75) is 64.5 Å². The Hall–Kier alpha value is -4.05. The van der Waals surface area contributed by atoms with Crippen LogP contribution in [0.15, 0.2) is 67.0 Å². The lowest BCUT2D eigenvalue weighted by atomic mass is 9.75. The molecular weight excluding hydrogens is 488 g/mol. The topological polar surface area (TPSA) is 96.2 Å². The molecule has 1 saturated heterocycles. The van der Waals surface area contributed by atoms with Crippen molar-refractivity contribution in [3.8, 4) is 17.2 Å². The number of ketones is 1. The summed E-state index contributed by atoms with van der Waals surface area (Å²) in [6.45, 7) is 6.27. The van der Waals surface area contributed by atoms with Crippen LogP contribution in [-0.4, -0.2) is 33.3 Å². The molecule has 0 spiro atoms. The van der Waals surface area contributed by atoms with Gasteiger partial charge in [-0.15, -0.1) is 0 Å². The second-order valence-corrected chi connectivity index (χ2v) is 11.5. The standard InChI is InChI=1S/C32H34N4O3/c1-22(24-11-13-25(14-12-24)26-18-34-29(35-19-26)28(37)17-23-9-10-23)36-16-15-32(39-30(36)38,20-31(2,3)21-33)27-7-5-4-6-8-27/h4-8,11-14,18-19,22-23H,9-10,15-17,20H2,1-3H3/t22-,32-/m0/s1. The van der Waals surface area contributed by atoms with Crippen molar-refractivity contribution < 1.29 is 14.3 Å². The van der Waals surface area contributed by atoms with E-state index in [1.165, 1.54) is 0 Å². The first kappa shape index (κ1) is 26.6. The molecular formula is C32H34N4O3. The molecule has 2 fully saturated rings. The molecule has 0 radical (unpaired) electrons. The molecule has 2 heterocycles. The highest BCUT2D eigenvalue weighted by molar-refractivity contribution is 5.92. The molecule has 39 heavy (non-hydrogen) atoms. The molecule has 0 N–H and O–H groups in total. The molecule has 7 heteroatoms. The minimum Gasteiger partial charge on any atom is -0.438 e. The molecule has 1 saturated carbocycles. The lowest BCUT2D eigenvalue weighted by molar-refractivity contribution is -0.0770. The highest BCUT2D eigenvalue weighted by Crippen LogP contribution is 2.44. The van der Waals surface area contributed by atoms with Crippen molar-refractivity contribution in [3.63, 3.8) is 0 Å². The lowest BCUT2D eigenvalue weighted by Crippen LogP contribution is -2.50. The largest absolute Gasteiger partial charge is 0.438 e. The average molecular weight is 523 g/mol. The molecule has 1 aliphatic heterocycles. The van der Waals surface area contributed by atoms with E-state index in [0.717, 1.165) is 35.1 Å². The average Bonchev–Trinajstić information content (AvgIpc) is 3.77. The molecule has 1 aromatic heterocycles. The van der Waals surface area contributed by atoms with E-state index in [4.69, 9.17) is 4.74 Å². The van der Waals surface area contributed by atoms with E-state index in [2.05, 4.69) is 16.0 Å². The van der Waals surface area contributed by atoms with Crippen LogP contribution in [0.25, 0.3) is 11.1 Å². The monoisotopic (exact) mass is 522 g/mol. The van der Waals surface area contributed by atoms with E-state index in [1.807, 2.05) is 75.4 Å². The Morgan fingerprint density at radius 2 is 1.77 bits per heavy atom. The SMILES string of the molecule is C[C@@H](c1ccc(-c2cnc(C(=O)CC3CC3)nc2)cc1)N1CC[C@](CC(C)(C)C#N)(c2ccccc2)OC1=O. The number of hydrogen-bond donors (Lipinski definition) is 0. The fourth-order valence-electron chi connectivity index (χ4n) is 5.38. The van der Waals surface area contributed by atoms with E-state index in [0.29, 0.717) is 31.7 Å². The summed E-state index contributed by atoms with van der Waals surface area (Å²) >= 11 is 0. The van der Waals surface area contributed by atoms with Crippen LogP contribution in [0.2, 0.25) is 0 Å². The number of ether oxygens (including phenoxy) is 1. The molecule has 2 atom stereocenters. The number of benzene rings is 2. The lowest BCUT2D eigenvalue weighted by Gasteiger charge is -2.45. The van der Waals surface area contributed by atoms with E-state index in [1.54, 1.807) is 17.3 Å². The Bertz CT molecular complexity index is 1380. The number of nitriles is 1. The second kappa shape index (κ2) is 10.6. The summed E-state index contributed by atoms with van der Waals surface area (Å²) in [6, 6.07) is 19.9. The van der Waals surface area contributed by atoms with E-state index < -0.39 is 11.0 Å². The summed E-state index contributed by atoms with van der Waals surface area (Å²) in [5.74, 6) is 0.796.